The minimum absolute atomic E-state index is 0.0152. The summed E-state index contributed by atoms with van der Waals surface area (Å²) in [5.74, 6) is 1.34. The van der Waals surface area contributed by atoms with Gasteiger partial charge in [-0.25, -0.2) is 0 Å². The Labute approximate surface area is 134 Å². The summed E-state index contributed by atoms with van der Waals surface area (Å²) in [6.07, 6.45) is 3.68. The first-order chi connectivity index (χ1) is 10.9. The van der Waals surface area contributed by atoms with E-state index >= 15 is 0 Å². The highest BCUT2D eigenvalue weighted by Crippen LogP contribution is 2.29. The fraction of sp³-hybridized carbons (Fsp3) is 0.125. The van der Waals surface area contributed by atoms with Gasteiger partial charge in [0.05, 0.1) is 14.2 Å². The summed E-state index contributed by atoms with van der Waals surface area (Å²) < 4.78 is 25.2. The minimum Gasteiger partial charge on any atom is -0.780 e. The largest absolute Gasteiger partial charge is 0.780 e. The molecular weight excluding hydrogens is 319 g/mol. The van der Waals surface area contributed by atoms with Crippen LogP contribution < -0.4 is 23.8 Å². The Hall–Kier alpha value is -2.27. The molecule has 0 unspecified atom stereocenters. The molecule has 0 amide bonds. The van der Waals surface area contributed by atoms with Crippen molar-refractivity contribution in [3.8, 4) is 17.2 Å². The van der Waals surface area contributed by atoms with Crippen molar-refractivity contribution in [1.29, 1.82) is 0 Å². The molecule has 0 radical (unpaired) electrons. The van der Waals surface area contributed by atoms with Gasteiger partial charge < -0.3 is 28.3 Å². The second kappa shape index (κ2) is 7.33. The SMILES string of the molecule is COc1cc(/C=C\c2ccc(OP(=O)([O-])[O-])cc2)cc(OC)c1. The third-order valence-electron chi connectivity index (χ3n) is 2.94. The van der Waals surface area contributed by atoms with Crippen molar-refractivity contribution >= 4 is 20.0 Å². The van der Waals surface area contributed by atoms with Crippen molar-refractivity contribution in [2.24, 2.45) is 0 Å². The number of hydrogen-bond donors (Lipinski definition) is 0. The molecule has 2 aromatic rings. The molecule has 0 spiro atoms. The molecule has 0 atom stereocenters. The van der Waals surface area contributed by atoms with Crippen molar-refractivity contribution < 1.29 is 28.3 Å². The lowest BCUT2D eigenvalue weighted by Gasteiger charge is -2.28. The molecule has 0 heterocycles. The van der Waals surface area contributed by atoms with E-state index in [4.69, 9.17) is 9.47 Å². The van der Waals surface area contributed by atoms with Crippen molar-refractivity contribution in [2.45, 2.75) is 0 Å². The number of ether oxygens (including phenoxy) is 2. The monoisotopic (exact) mass is 334 g/mol. The van der Waals surface area contributed by atoms with Crippen LogP contribution >= 0.6 is 7.82 Å². The van der Waals surface area contributed by atoms with E-state index < -0.39 is 7.82 Å². The quantitative estimate of drug-likeness (QED) is 0.593. The minimum atomic E-state index is -5.03. The number of methoxy groups -OCH3 is 2. The van der Waals surface area contributed by atoms with E-state index in [0.717, 1.165) is 11.1 Å². The van der Waals surface area contributed by atoms with E-state index in [0.29, 0.717) is 11.5 Å². The van der Waals surface area contributed by atoms with Gasteiger partial charge in [-0.15, -0.1) is 0 Å². The van der Waals surface area contributed by atoms with Gasteiger partial charge in [-0.3, -0.25) is 0 Å². The molecule has 0 aliphatic rings. The van der Waals surface area contributed by atoms with Crippen LogP contribution in [0.15, 0.2) is 42.5 Å². The number of rotatable bonds is 6. The van der Waals surface area contributed by atoms with Gasteiger partial charge in [0, 0.05) is 6.07 Å². The van der Waals surface area contributed by atoms with E-state index in [-0.39, 0.29) is 5.75 Å². The number of phosphoric ester groups is 1. The Kier molecular flexibility index (Phi) is 5.45. The molecule has 6 nitrogen and oxygen atoms in total. The van der Waals surface area contributed by atoms with Crippen molar-refractivity contribution in [3.05, 3.63) is 53.6 Å². The second-order valence-corrected chi connectivity index (χ2v) is 5.66. The maximum Gasteiger partial charge on any atom is 0.124 e. The molecule has 0 aromatic heterocycles. The molecule has 23 heavy (non-hydrogen) atoms. The van der Waals surface area contributed by atoms with Crippen molar-refractivity contribution in [2.75, 3.05) is 14.2 Å². The summed E-state index contributed by atoms with van der Waals surface area (Å²) in [6, 6.07) is 11.6. The highest BCUT2D eigenvalue weighted by Gasteiger charge is 2.00. The van der Waals surface area contributed by atoms with Crippen molar-refractivity contribution in [1.82, 2.24) is 0 Å². The molecule has 0 saturated heterocycles. The lowest BCUT2D eigenvalue weighted by Crippen LogP contribution is -2.18. The third kappa shape index (κ3) is 5.45. The summed E-state index contributed by atoms with van der Waals surface area (Å²) >= 11 is 0. The first-order valence-corrected chi connectivity index (χ1v) is 8.08. The standard InChI is InChI=1S/C16H17O6P/c1-20-15-9-13(10-16(11-15)21-2)4-3-12-5-7-14(8-6-12)22-23(17,18)19/h3-11H,1-2H3,(H2,17,18,19)/p-2/b4-3-. The number of benzene rings is 2. The van der Waals surface area contributed by atoms with Gasteiger partial charge in [-0.1, -0.05) is 24.3 Å². The van der Waals surface area contributed by atoms with Crippen LogP contribution in [0.3, 0.4) is 0 Å². The fourth-order valence-electron chi connectivity index (χ4n) is 1.89. The van der Waals surface area contributed by atoms with Crippen LogP contribution in [0.2, 0.25) is 0 Å². The van der Waals surface area contributed by atoms with Crippen LogP contribution in [0, 0.1) is 0 Å². The van der Waals surface area contributed by atoms with Crippen LogP contribution in [-0.2, 0) is 4.57 Å². The van der Waals surface area contributed by atoms with Gasteiger partial charge in [0.2, 0.25) is 0 Å². The molecule has 0 fully saturated rings. The molecule has 0 bridgehead atoms. The maximum atomic E-state index is 10.5. The molecule has 0 saturated carbocycles. The predicted octanol–water partition coefficient (Wildman–Crippen LogP) is 2.08. The molecule has 0 aliphatic heterocycles. The van der Waals surface area contributed by atoms with Gasteiger partial charge in [0.15, 0.2) is 0 Å². The number of hydrogen-bond acceptors (Lipinski definition) is 6. The van der Waals surface area contributed by atoms with Gasteiger partial charge in [-0.05, 0) is 35.4 Å². The maximum absolute atomic E-state index is 10.5. The first-order valence-electron chi connectivity index (χ1n) is 6.62. The Balaban J connectivity index is 2.15. The summed E-state index contributed by atoms with van der Waals surface area (Å²) in [7, 11) is -1.88. The van der Waals surface area contributed by atoms with E-state index in [1.165, 1.54) is 12.1 Å². The lowest BCUT2D eigenvalue weighted by atomic mass is 10.1. The smallest absolute Gasteiger partial charge is 0.124 e. The predicted molar refractivity (Wildman–Crippen MR) is 83.2 cm³/mol. The van der Waals surface area contributed by atoms with Gasteiger partial charge in [-0.2, -0.15) is 0 Å². The van der Waals surface area contributed by atoms with Crippen molar-refractivity contribution in [3.63, 3.8) is 0 Å². The van der Waals surface area contributed by atoms with Crippen LogP contribution in [0.1, 0.15) is 11.1 Å². The van der Waals surface area contributed by atoms with E-state index in [1.54, 1.807) is 32.4 Å². The summed E-state index contributed by atoms with van der Waals surface area (Å²) in [5, 5.41) is 0. The molecule has 0 aliphatic carbocycles. The zero-order valence-corrected chi connectivity index (χ0v) is 13.5. The summed E-state index contributed by atoms with van der Waals surface area (Å²) in [6.45, 7) is 0. The van der Waals surface area contributed by atoms with Gasteiger partial charge >= 0.3 is 0 Å². The highest BCUT2D eigenvalue weighted by molar-refractivity contribution is 7.43. The second-order valence-electron chi connectivity index (χ2n) is 4.59. The Bertz CT molecular complexity index is 710. The molecule has 0 N–H and O–H groups in total. The van der Waals surface area contributed by atoms with Crippen LogP contribution in [0.25, 0.3) is 12.2 Å². The molecule has 2 rings (SSSR count). The van der Waals surface area contributed by atoms with Gasteiger partial charge in [0.25, 0.3) is 0 Å². The van der Waals surface area contributed by atoms with E-state index in [2.05, 4.69) is 4.52 Å². The first kappa shape index (κ1) is 17.1. The molecule has 2 aromatic carbocycles. The summed E-state index contributed by atoms with van der Waals surface area (Å²) in [5.41, 5.74) is 1.69. The van der Waals surface area contributed by atoms with Gasteiger partial charge in [0.1, 0.15) is 25.1 Å². The third-order valence-corrected chi connectivity index (χ3v) is 3.37. The average molecular weight is 334 g/mol. The van der Waals surface area contributed by atoms with E-state index in [1.807, 2.05) is 24.3 Å². The normalized spacial score (nSPS) is 11.5. The molecule has 7 heteroatoms. The Morgan fingerprint density at radius 2 is 1.35 bits per heavy atom. The topological polar surface area (TPSA) is 90.9 Å². The Morgan fingerprint density at radius 3 is 1.83 bits per heavy atom. The van der Waals surface area contributed by atoms with Crippen LogP contribution in [-0.4, -0.2) is 14.2 Å². The van der Waals surface area contributed by atoms with E-state index in [9.17, 15) is 14.4 Å². The Morgan fingerprint density at radius 1 is 0.826 bits per heavy atom. The molecular formula is C16H15O6P-2. The van der Waals surface area contributed by atoms with Crippen LogP contribution in [0.5, 0.6) is 17.2 Å². The fourth-order valence-corrected chi connectivity index (χ4v) is 2.27. The lowest BCUT2D eigenvalue weighted by molar-refractivity contribution is -0.333. The summed E-state index contributed by atoms with van der Waals surface area (Å²) in [4.78, 5) is 21.1. The highest BCUT2D eigenvalue weighted by atomic mass is 31.2. The average Bonchev–Trinajstić information content (AvgIpc) is 2.52. The van der Waals surface area contributed by atoms with Crippen LogP contribution in [0.4, 0.5) is 0 Å². The zero-order chi connectivity index (χ0) is 16.9. The molecule has 122 valence electrons. The number of phosphoric acid groups is 1. The zero-order valence-electron chi connectivity index (χ0n) is 12.6.